The first-order chi connectivity index (χ1) is 11.6. The van der Waals surface area contributed by atoms with Crippen LogP contribution in [0.4, 0.5) is 0 Å². The first-order valence-electron chi connectivity index (χ1n) is 8.84. The normalized spacial score (nSPS) is 19.9. The van der Waals surface area contributed by atoms with E-state index in [1.165, 1.54) is 37.0 Å². The van der Waals surface area contributed by atoms with Crippen LogP contribution in [0, 0.1) is 5.41 Å². The summed E-state index contributed by atoms with van der Waals surface area (Å²) < 4.78 is 0. The van der Waals surface area contributed by atoms with E-state index < -0.39 is 0 Å². The van der Waals surface area contributed by atoms with Gasteiger partial charge < -0.3 is 15.1 Å². The molecule has 1 saturated heterocycles. The number of hydrogen-bond acceptors (Lipinski definition) is 3. The van der Waals surface area contributed by atoms with Gasteiger partial charge in [-0.15, -0.1) is 11.3 Å². The summed E-state index contributed by atoms with van der Waals surface area (Å²) in [5.74, 6) is 0.933. The molecule has 1 spiro atoms. The molecule has 1 amide bonds. The van der Waals surface area contributed by atoms with Crippen molar-refractivity contribution in [2.45, 2.75) is 38.6 Å². The van der Waals surface area contributed by atoms with Crippen LogP contribution in [0.2, 0.25) is 0 Å². The minimum atomic E-state index is 0.0419. The minimum Gasteiger partial charge on any atom is -0.351 e. The Hall–Kier alpha value is -1.56. The fraction of sp³-hybridized carbons (Fsp3) is 0.667. The third kappa shape index (κ3) is 4.09. The van der Waals surface area contributed by atoms with Crippen molar-refractivity contribution < 1.29 is 4.79 Å². The van der Waals surface area contributed by atoms with E-state index in [0.29, 0.717) is 5.41 Å². The summed E-state index contributed by atoms with van der Waals surface area (Å²) in [4.78, 5) is 21.8. The topological polar surface area (TPSA) is 47.9 Å². The minimum absolute atomic E-state index is 0.0419. The summed E-state index contributed by atoms with van der Waals surface area (Å²) in [5, 5.41) is 5.57. The van der Waals surface area contributed by atoms with Gasteiger partial charge in [-0.25, -0.2) is 4.99 Å². The second-order valence-corrected chi connectivity index (χ2v) is 8.27. The largest absolute Gasteiger partial charge is 0.351 e. The highest BCUT2D eigenvalue weighted by Gasteiger charge is 2.41. The molecule has 2 fully saturated rings. The third-order valence-corrected chi connectivity index (χ3v) is 6.14. The van der Waals surface area contributed by atoms with Crippen LogP contribution >= 0.6 is 11.3 Å². The van der Waals surface area contributed by atoms with E-state index in [0.717, 1.165) is 25.6 Å². The van der Waals surface area contributed by atoms with Crippen LogP contribution < -0.4 is 5.32 Å². The molecule has 2 aliphatic rings. The maximum atomic E-state index is 11.9. The number of carbonyl (C=O) groups is 1. The number of amides is 1. The Morgan fingerprint density at radius 1 is 1.38 bits per heavy atom. The van der Waals surface area contributed by atoms with Gasteiger partial charge in [0.2, 0.25) is 5.91 Å². The molecule has 0 aromatic carbocycles. The number of likely N-dealkylation sites (N-methyl/N-ethyl adjacent to an activating group) is 1. The molecular formula is C18H28N4OS. The molecule has 0 atom stereocenters. The van der Waals surface area contributed by atoms with E-state index in [-0.39, 0.29) is 12.5 Å². The lowest BCUT2D eigenvalue weighted by Crippen LogP contribution is -2.41. The van der Waals surface area contributed by atoms with Gasteiger partial charge in [0.15, 0.2) is 5.96 Å². The molecule has 0 bridgehead atoms. The van der Waals surface area contributed by atoms with Crippen LogP contribution in [0.25, 0.3) is 0 Å². The summed E-state index contributed by atoms with van der Waals surface area (Å²) in [7, 11) is 3.56. The quantitative estimate of drug-likeness (QED) is 0.672. The van der Waals surface area contributed by atoms with Crippen LogP contribution in [0.5, 0.6) is 0 Å². The monoisotopic (exact) mass is 348 g/mol. The predicted octanol–water partition coefficient (Wildman–Crippen LogP) is 2.55. The summed E-state index contributed by atoms with van der Waals surface area (Å²) in [5.41, 5.74) is 0.497. The lowest BCUT2D eigenvalue weighted by atomic mass is 9.86. The van der Waals surface area contributed by atoms with Crippen molar-refractivity contribution in [1.82, 2.24) is 15.1 Å². The third-order valence-electron chi connectivity index (χ3n) is 5.27. The van der Waals surface area contributed by atoms with E-state index in [2.05, 4.69) is 32.7 Å². The van der Waals surface area contributed by atoms with Gasteiger partial charge in [-0.05, 0) is 36.1 Å². The van der Waals surface area contributed by atoms with Gasteiger partial charge in [0.25, 0.3) is 0 Å². The Kier molecular flexibility index (Phi) is 5.43. The fourth-order valence-corrected chi connectivity index (χ4v) is 4.42. The van der Waals surface area contributed by atoms with Crippen molar-refractivity contribution in [2.24, 2.45) is 10.4 Å². The van der Waals surface area contributed by atoms with Gasteiger partial charge in [0, 0.05) is 32.1 Å². The number of hydrogen-bond donors (Lipinski definition) is 1. The molecule has 0 unspecified atom stereocenters. The summed E-state index contributed by atoms with van der Waals surface area (Å²) in [6, 6.07) is 4.19. The van der Waals surface area contributed by atoms with Gasteiger partial charge in [-0.3, -0.25) is 4.79 Å². The standard InChI is InChI=1S/C18H28N4OS/c1-21(2)16(23)13-20-17(19-12-15-6-5-11-24-15)22-10-9-18(14-22)7-3-4-8-18/h5-6,11H,3-4,7-10,12-14H2,1-2H3,(H,19,20). The molecule has 132 valence electrons. The zero-order chi connectivity index (χ0) is 17.0. The molecule has 3 rings (SSSR count). The van der Waals surface area contributed by atoms with Crippen LogP contribution in [0.15, 0.2) is 22.5 Å². The highest BCUT2D eigenvalue weighted by Crippen LogP contribution is 2.45. The number of guanidine groups is 1. The Labute approximate surface area is 148 Å². The number of rotatable bonds is 4. The number of carbonyl (C=O) groups excluding carboxylic acids is 1. The number of nitrogens with one attached hydrogen (secondary N) is 1. The molecule has 6 heteroatoms. The van der Waals surface area contributed by atoms with Gasteiger partial charge in [0.05, 0.1) is 6.54 Å². The molecule has 24 heavy (non-hydrogen) atoms. The highest BCUT2D eigenvalue weighted by molar-refractivity contribution is 7.09. The van der Waals surface area contributed by atoms with Gasteiger partial charge in [-0.1, -0.05) is 18.9 Å². The molecular weight excluding hydrogens is 320 g/mol. The van der Waals surface area contributed by atoms with E-state index in [9.17, 15) is 4.79 Å². The second-order valence-electron chi connectivity index (χ2n) is 7.24. The molecule has 1 N–H and O–H groups in total. The Bertz CT molecular complexity index is 576. The second kappa shape index (κ2) is 7.55. The Morgan fingerprint density at radius 3 is 2.83 bits per heavy atom. The first kappa shape index (κ1) is 17.3. The van der Waals surface area contributed by atoms with E-state index in [4.69, 9.17) is 0 Å². The summed E-state index contributed by atoms with van der Waals surface area (Å²) in [6.07, 6.45) is 6.68. The molecule has 1 aliphatic heterocycles. The van der Waals surface area contributed by atoms with Gasteiger partial charge in [0.1, 0.15) is 6.54 Å². The van der Waals surface area contributed by atoms with Crippen LogP contribution in [-0.2, 0) is 11.3 Å². The molecule has 0 radical (unpaired) electrons. The summed E-state index contributed by atoms with van der Waals surface area (Å²) >= 11 is 1.74. The smallest absolute Gasteiger partial charge is 0.243 e. The van der Waals surface area contributed by atoms with E-state index >= 15 is 0 Å². The zero-order valence-corrected chi connectivity index (χ0v) is 15.6. The number of aliphatic imine (C=N–C) groups is 1. The first-order valence-corrected chi connectivity index (χ1v) is 9.72. The van der Waals surface area contributed by atoms with E-state index in [1.54, 1.807) is 30.3 Å². The van der Waals surface area contributed by atoms with E-state index in [1.807, 2.05) is 0 Å². The fourth-order valence-electron chi connectivity index (χ4n) is 3.78. The molecule has 1 saturated carbocycles. The maximum absolute atomic E-state index is 11.9. The van der Waals surface area contributed by atoms with Crippen LogP contribution in [-0.4, -0.2) is 55.4 Å². The van der Waals surface area contributed by atoms with Crippen molar-refractivity contribution in [2.75, 3.05) is 33.7 Å². The SMILES string of the molecule is CN(C)C(=O)CN=C(NCc1cccs1)N1CCC2(CCCC2)C1. The van der Waals surface area contributed by atoms with Gasteiger partial charge in [-0.2, -0.15) is 0 Å². The van der Waals surface area contributed by atoms with Crippen molar-refractivity contribution in [1.29, 1.82) is 0 Å². The van der Waals surface area contributed by atoms with Crippen molar-refractivity contribution in [3.05, 3.63) is 22.4 Å². The maximum Gasteiger partial charge on any atom is 0.243 e. The molecule has 1 aromatic rings. The van der Waals surface area contributed by atoms with Crippen LogP contribution in [0.1, 0.15) is 37.0 Å². The average Bonchev–Trinajstić information content (AvgIpc) is 3.31. The zero-order valence-electron chi connectivity index (χ0n) is 14.8. The lowest BCUT2D eigenvalue weighted by Gasteiger charge is -2.26. The van der Waals surface area contributed by atoms with Crippen LogP contribution in [0.3, 0.4) is 0 Å². The highest BCUT2D eigenvalue weighted by atomic mass is 32.1. The number of nitrogens with zero attached hydrogens (tertiary/aromatic N) is 3. The molecule has 1 aromatic heterocycles. The molecule has 5 nitrogen and oxygen atoms in total. The van der Waals surface area contributed by atoms with Crippen molar-refractivity contribution in [3.63, 3.8) is 0 Å². The summed E-state index contributed by atoms with van der Waals surface area (Å²) in [6.45, 7) is 3.12. The Balaban J connectivity index is 1.66. The lowest BCUT2D eigenvalue weighted by molar-refractivity contribution is -0.127. The van der Waals surface area contributed by atoms with Gasteiger partial charge >= 0.3 is 0 Å². The van der Waals surface area contributed by atoms with Crippen molar-refractivity contribution in [3.8, 4) is 0 Å². The number of likely N-dealkylation sites (tertiary alicyclic amines) is 1. The molecule has 1 aliphatic carbocycles. The molecule has 2 heterocycles. The number of thiophene rings is 1. The average molecular weight is 349 g/mol. The Morgan fingerprint density at radius 2 is 2.17 bits per heavy atom. The van der Waals surface area contributed by atoms with Crippen molar-refractivity contribution >= 4 is 23.2 Å². The predicted molar refractivity (Wildman–Crippen MR) is 99.2 cm³/mol.